The van der Waals surface area contributed by atoms with Crippen LogP contribution in [0.4, 0.5) is 22.7 Å². The van der Waals surface area contributed by atoms with Crippen molar-refractivity contribution in [2.45, 2.75) is 73.1 Å². The second-order valence-electron chi connectivity index (χ2n) is 18.4. The Kier molecular flexibility index (Phi) is 8.59. The van der Waals surface area contributed by atoms with Crippen molar-refractivity contribution in [2.24, 2.45) is 0 Å². The van der Waals surface area contributed by atoms with Gasteiger partial charge in [-0.3, -0.25) is 0 Å². The van der Waals surface area contributed by atoms with Gasteiger partial charge in [-0.05, 0) is 101 Å². The van der Waals surface area contributed by atoms with Gasteiger partial charge in [0.05, 0.1) is 13.7 Å². The summed E-state index contributed by atoms with van der Waals surface area (Å²) in [7, 11) is 0. The van der Waals surface area contributed by atoms with Gasteiger partial charge in [-0.2, -0.15) is 6.07 Å². The van der Waals surface area contributed by atoms with Crippen LogP contribution >= 0.6 is 0 Å². The zero-order valence-electron chi connectivity index (χ0n) is 47.8. The average Bonchev–Trinajstić information content (AvgIpc) is 3.92. The summed E-state index contributed by atoms with van der Waals surface area (Å²) in [5.74, 6) is 1.62. The number of nitrogens with zero attached hydrogens (tertiary/aromatic N) is 4. The molecule has 0 amide bonds. The Morgan fingerprint density at radius 2 is 1.20 bits per heavy atom. The van der Waals surface area contributed by atoms with E-state index in [9.17, 15) is 5.48 Å². The third kappa shape index (κ3) is 7.84. The van der Waals surface area contributed by atoms with Crippen molar-refractivity contribution in [2.75, 3.05) is 9.80 Å². The quantitative estimate of drug-likeness (QED) is 0.149. The summed E-state index contributed by atoms with van der Waals surface area (Å²) in [6, 6.07) is 30.0. The summed E-state index contributed by atoms with van der Waals surface area (Å²) in [5, 5.41) is 2.04. The molecule has 10 rings (SSSR count). The number of ether oxygens (including phenoxy) is 1. The third-order valence-corrected chi connectivity index (χ3v) is 12.3. The van der Waals surface area contributed by atoms with E-state index in [0.717, 1.165) is 38.8 Å². The third-order valence-electron chi connectivity index (χ3n) is 12.3. The van der Waals surface area contributed by atoms with Gasteiger partial charge in [-0.25, -0.2) is 4.98 Å². The van der Waals surface area contributed by atoms with Crippen LogP contribution in [-0.2, 0) is 31.9 Å². The molecular formula is C59H53N4OPt-3. The molecule has 0 saturated carbocycles. The minimum absolute atomic E-state index is 0. The van der Waals surface area contributed by atoms with E-state index in [0.29, 0.717) is 45.3 Å². The van der Waals surface area contributed by atoms with Crippen LogP contribution in [0.1, 0.15) is 83.1 Å². The summed E-state index contributed by atoms with van der Waals surface area (Å²) < 4.78 is 98.2. The fourth-order valence-electron chi connectivity index (χ4n) is 8.66. The van der Waals surface area contributed by atoms with Crippen LogP contribution in [0, 0.1) is 39.6 Å². The Morgan fingerprint density at radius 1 is 0.600 bits per heavy atom. The number of para-hydroxylation sites is 3. The molecule has 1 aliphatic heterocycles. The summed E-state index contributed by atoms with van der Waals surface area (Å²) >= 11 is 0. The van der Waals surface area contributed by atoms with Gasteiger partial charge in [0.25, 0.3) is 0 Å². The maximum atomic E-state index is 9.30. The normalized spacial score (nSPS) is 14.9. The first kappa shape index (κ1) is 33.1. The monoisotopic (exact) mass is 1040 g/mol. The molecule has 1 aliphatic rings. The van der Waals surface area contributed by atoms with Crippen LogP contribution in [0.25, 0.3) is 49.9 Å². The number of hydrogen-bond acceptors (Lipinski definition) is 4. The molecule has 3 heterocycles. The topological polar surface area (TPSA) is 33.5 Å². The van der Waals surface area contributed by atoms with Gasteiger partial charge in [0.1, 0.15) is 5.82 Å². The number of anilines is 4. The van der Waals surface area contributed by atoms with Gasteiger partial charge in [0.2, 0.25) is 0 Å². The van der Waals surface area contributed by atoms with Crippen LogP contribution in [0.3, 0.4) is 0 Å². The van der Waals surface area contributed by atoms with Crippen LogP contribution in [0.15, 0.2) is 152 Å². The molecule has 6 heteroatoms. The molecule has 0 atom stereocenters. The Labute approximate surface area is 412 Å². The molecule has 0 radical (unpaired) electrons. The molecule has 5 nitrogen and oxygen atoms in total. The Hall–Kier alpha value is -6.42. The number of aromatic nitrogens is 2. The van der Waals surface area contributed by atoms with Crippen molar-refractivity contribution in [1.29, 1.82) is 0 Å². The van der Waals surface area contributed by atoms with Crippen molar-refractivity contribution in [3.05, 3.63) is 198 Å². The summed E-state index contributed by atoms with van der Waals surface area (Å²) in [6.07, 6.45) is 1.84. The number of pyridine rings is 1. The molecule has 0 unspecified atom stereocenters. The number of fused-ring (bicyclic) bond motifs is 4. The van der Waals surface area contributed by atoms with E-state index in [4.69, 9.17) is 17.9 Å². The molecule has 9 aromatic rings. The van der Waals surface area contributed by atoms with E-state index in [1.165, 1.54) is 0 Å². The van der Waals surface area contributed by atoms with Crippen LogP contribution in [0.2, 0.25) is 0 Å². The molecule has 0 fully saturated rings. The van der Waals surface area contributed by atoms with Crippen molar-refractivity contribution >= 4 is 44.6 Å². The minimum atomic E-state index is -0.558. The van der Waals surface area contributed by atoms with Crippen molar-refractivity contribution in [3.63, 3.8) is 0 Å². The zero-order valence-corrected chi connectivity index (χ0v) is 40.0. The average molecular weight is 1040 g/mol. The predicted molar refractivity (Wildman–Crippen MR) is 267 cm³/mol. The molecule has 0 saturated heterocycles. The molecule has 328 valence electrons. The smallest absolute Gasteiger partial charge is 0.135 e. The fraction of sp³-hybridized carbons (Fsp3) is 0.186. The standard InChI is InChI=1S/C59H53N4O.Pt/c1-38-39(2)55(41-20-12-10-13-21-41)57(56(40(38)3)42-22-14-11-15-23-42)62-37-61(51-26-18-19-27-52(51)62)45-32-44(59(7,8)9)33-47(35-45)64-46-28-29-49-48-24-16-17-25-50(48)63(53(49)36-46)54-34-43(30-31-60-54)58(4,5)6;/h10-34,37H,1-9H3;/q-3;/i10D,11D,12D,13D,14D,15D,20D,21D,22D,23D;. The van der Waals surface area contributed by atoms with Gasteiger partial charge >= 0.3 is 0 Å². The molecule has 65 heavy (non-hydrogen) atoms. The summed E-state index contributed by atoms with van der Waals surface area (Å²) in [6.45, 7) is 20.1. The van der Waals surface area contributed by atoms with Gasteiger partial charge < -0.3 is 19.1 Å². The van der Waals surface area contributed by atoms with Gasteiger partial charge in [0, 0.05) is 72.5 Å². The fourth-order valence-corrected chi connectivity index (χ4v) is 8.66. The largest absolute Gasteiger partial charge is 0.509 e. The SMILES string of the molecule is [2H]c1c([2H])c([2H])c(-c2c(C)c(C)c(C)c(-c3c([2H])c([2H])c([2H])c([2H])c3[2H])c2N2[CH-]N(c3[c-]c(Oc4[c-]c5c(cc4)c4ccccc4n5-c4cc(C(C)(C)C)ccn4)cc(C(C)(C)C)c3)c3ccccc32)c([2H])c1[2H].[Pt]. The van der Waals surface area contributed by atoms with Crippen LogP contribution < -0.4 is 14.5 Å². The number of rotatable bonds is 7. The molecule has 0 bridgehead atoms. The van der Waals surface area contributed by atoms with Crippen molar-refractivity contribution < 1.29 is 39.5 Å². The first-order valence-corrected chi connectivity index (χ1v) is 21.4. The van der Waals surface area contributed by atoms with Gasteiger partial charge in [0.15, 0.2) is 0 Å². The summed E-state index contributed by atoms with van der Waals surface area (Å²) in [4.78, 5) is 8.60. The van der Waals surface area contributed by atoms with Gasteiger partial charge in [-0.1, -0.05) is 138 Å². The molecule has 2 aromatic heterocycles. The molecule has 0 aliphatic carbocycles. The second-order valence-corrected chi connectivity index (χ2v) is 18.4. The number of hydrogen-bond donors (Lipinski definition) is 0. The Bertz CT molecular complexity index is 3690. The first-order chi connectivity index (χ1) is 34.9. The molecular weight excluding hydrogens is 976 g/mol. The molecule has 7 aromatic carbocycles. The maximum Gasteiger partial charge on any atom is 0.135 e. The van der Waals surface area contributed by atoms with Crippen molar-refractivity contribution in [1.82, 2.24) is 9.55 Å². The van der Waals surface area contributed by atoms with E-state index < -0.39 is 65.8 Å². The Morgan fingerprint density at radius 3 is 1.83 bits per heavy atom. The van der Waals surface area contributed by atoms with E-state index >= 15 is 0 Å². The maximum absolute atomic E-state index is 9.30. The predicted octanol–water partition coefficient (Wildman–Crippen LogP) is 15.8. The second kappa shape index (κ2) is 16.9. The molecule has 0 spiro atoms. The minimum Gasteiger partial charge on any atom is -0.509 e. The Balaban J connectivity index is 0.00000689. The zero-order chi connectivity index (χ0) is 53.2. The number of benzene rings is 7. The van der Waals surface area contributed by atoms with Crippen LogP contribution in [-0.4, -0.2) is 9.55 Å². The van der Waals surface area contributed by atoms with E-state index in [1.54, 1.807) is 0 Å². The van der Waals surface area contributed by atoms with Crippen molar-refractivity contribution in [3.8, 4) is 39.6 Å². The van der Waals surface area contributed by atoms with E-state index in [-0.39, 0.29) is 54.4 Å². The first-order valence-electron chi connectivity index (χ1n) is 26.4. The van der Waals surface area contributed by atoms with Crippen LogP contribution in [0.5, 0.6) is 11.5 Å². The molecule has 0 N–H and O–H groups in total. The van der Waals surface area contributed by atoms with Gasteiger partial charge in [-0.15, -0.1) is 53.6 Å². The van der Waals surface area contributed by atoms with E-state index in [2.05, 4.69) is 76.4 Å². The summed E-state index contributed by atoms with van der Waals surface area (Å²) in [5.41, 5.74) is 7.60. The van der Waals surface area contributed by atoms with E-state index in [1.807, 2.05) is 110 Å².